The second-order valence-corrected chi connectivity index (χ2v) is 2.59. The minimum absolute atomic E-state index is 0.0266. The van der Waals surface area contributed by atoms with Crippen LogP contribution in [0.25, 0.3) is 0 Å². The van der Waals surface area contributed by atoms with Crippen molar-refractivity contribution < 1.29 is 24.4 Å². The van der Waals surface area contributed by atoms with Crippen molar-refractivity contribution >= 4 is 0 Å². The van der Waals surface area contributed by atoms with Gasteiger partial charge in [-0.15, -0.1) is 0 Å². The van der Waals surface area contributed by atoms with E-state index < -0.39 is 0 Å². The highest BCUT2D eigenvalue weighted by Gasteiger charge is 2.49. The summed E-state index contributed by atoms with van der Waals surface area (Å²) in [7, 11) is 0. The van der Waals surface area contributed by atoms with Gasteiger partial charge in [-0.05, 0) is 0 Å². The third kappa shape index (κ3) is 1.52. The summed E-state index contributed by atoms with van der Waals surface area (Å²) in [6.07, 6.45) is -1.06. The molecule has 0 spiro atoms. The molecule has 5 heteroatoms. The van der Waals surface area contributed by atoms with E-state index in [4.69, 9.17) is 24.4 Å². The lowest BCUT2D eigenvalue weighted by molar-refractivity contribution is -0.0105. The molecule has 4 unspecified atom stereocenters. The fraction of sp³-hybridized carbons (Fsp3) is 1.00. The number of hydrogen-bond donors (Lipinski definition) is 2. The molecule has 64 valence electrons. The highest BCUT2D eigenvalue weighted by Crippen LogP contribution is 2.31. The van der Waals surface area contributed by atoms with E-state index in [1.165, 1.54) is 0 Å². The summed E-state index contributed by atoms with van der Waals surface area (Å²) in [5.41, 5.74) is 0. The molecule has 2 N–H and O–H groups in total. The van der Waals surface area contributed by atoms with Crippen LogP contribution in [-0.4, -0.2) is 48.2 Å². The van der Waals surface area contributed by atoms with Crippen LogP contribution in [0.3, 0.4) is 0 Å². The Labute approximate surface area is 63.5 Å². The molecule has 0 aromatic rings. The van der Waals surface area contributed by atoms with Crippen molar-refractivity contribution in [2.75, 3.05) is 13.2 Å². The van der Waals surface area contributed by atoms with E-state index in [1.54, 1.807) is 0 Å². The third-order valence-corrected chi connectivity index (χ3v) is 1.70. The summed E-state index contributed by atoms with van der Waals surface area (Å²) in [5.74, 6) is 0. The van der Waals surface area contributed by atoms with Gasteiger partial charge in [0.05, 0.1) is 13.2 Å². The first-order chi connectivity index (χ1) is 5.35. The zero-order valence-electron chi connectivity index (χ0n) is 5.84. The van der Waals surface area contributed by atoms with E-state index in [9.17, 15) is 0 Å². The molecule has 0 radical (unpaired) electrons. The van der Waals surface area contributed by atoms with Gasteiger partial charge in [0, 0.05) is 0 Å². The molecule has 5 nitrogen and oxygen atoms in total. The minimum atomic E-state index is -0.332. The lowest BCUT2D eigenvalue weighted by Gasteiger charge is -1.91. The molecule has 0 aliphatic carbocycles. The van der Waals surface area contributed by atoms with Crippen LogP contribution in [0.2, 0.25) is 0 Å². The van der Waals surface area contributed by atoms with Crippen molar-refractivity contribution in [3.8, 4) is 0 Å². The van der Waals surface area contributed by atoms with Crippen LogP contribution in [0.4, 0.5) is 0 Å². The zero-order valence-corrected chi connectivity index (χ0v) is 5.84. The van der Waals surface area contributed by atoms with Gasteiger partial charge in [0.1, 0.15) is 12.2 Å². The predicted octanol–water partition coefficient (Wildman–Crippen LogP) is -1.56. The summed E-state index contributed by atoms with van der Waals surface area (Å²) in [4.78, 5) is 0. The Morgan fingerprint density at radius 2 is 1.45 bits per heavy atom. The maximum atomic E-state index is 8.54. The van der Waals surface area contributed by atoms with Gasteiger partial charge in [-0.2, -0.15) is 0 Å². The second kappa shape index (κ2) is 2.69. The second-order valence-electron chi connectivity index (χ2n) is 2.59. The highest BCUT2D eigenvalue weighted by atomic mass is 16.9. The summed E-state index contributed by atoms with van der Waals surface area (Å²) >= 11 is 0. The van der Waals surface area contributed by atoms with Crippen LogP contribution in [0.1, 0.15) is 0 Å². The van der Waals surface area contributed by atoms with Crippen molar-refractivity contribution in [2.45, 2.75) is 24.8 Å². The van der Waals surface area contributed by atoms with Crippen LogP contribution in [0, 0.1) is 0 Å². The van der Waals surface area contributed by atoms with Crippen LogP contribution in [0.5, 0.6) is 0 Å². The van der Waals surface area contributed by atoms with Gasteiger partial charge < -0.3 is 24.4 Å². The average Bonchev–Trinajstić information content (AvgIpc) is 2.87. The minimum Gasteiger partial charge on any atom is -0.393 e. The number of epoxide rings is 2. The van der Waals surface area contributed by atoms with Gasteiger partial charge in [0.2, 0.25) is 0 Å². The Morgan fingerprint density at radius 3 is 1.73 bits per heavy atom. The highest BCUT2D eigenvalue weighted by molar-refractivity contribution is 4.82. The van der Waals surface area contributed by atoms with Crippen LogP contribution >= 0.6 is 0 Å². The first kappa shape index (κ1) is 7.45. The van der Waals surface area contributed by atoms with Crippen molar-refractivity contribution in [3.05, 3.63) is 0 Å². The van der Waals surface area contributed by atoms with Gasteiger partial charge in [0.25, 0.3) is 0 Å². The number of rotatable bonds is 4. The molecule has 2 heterocycles. The Morgan fingerprint density at radius 1 is 1.00 bits per heavy atom. The monoisotopic (exact) mass is 162 g/mol. The van der Waals surface area contributed by atoms with Gasteiger partial charge >= 0.3 is 0 Å². The fourth-order valence-electron chi connectivity index (χ4n) is 0.884. The molecule has 2 aliphatic heterocycles. The standard InChI is InChI=1S/C6H10O5/c7-1-3-5(9-3)11-6-4(2-8)10-6/h3-8H,1-2H2. The smallest absolute Gasteiger partial charge is 0.189 e. The molecule has 0 bridgehead atoms. The molecule has 2 rings (SSSR count). The van der Waals surface area contributed by atoms with Crippen molar-refractivity contribution in [1.82, 2.24) is 0 Å². The zero-order chi connectivity index (χ0) is 7.84. The molecule has 2 saturated heterocycles. The number of ether oxygens (including phenoxy) is 3. The van der Waals surface area contributed by atoms with Gasteiger partial charge in [0.15, 0.2) is 12.6 Å². The molecule has 11 heavy (non-hydrogen) atoms. The lowest BCUT2D eigenvalue weighted by Crippen LogP contribution is -2.09. The van der Waals surface area contributed by atoms with Gasteiger partial charge in [-0.1, -0.05) is 0 Å². The molecular weight excluding hydrogens is 152 g/mol. The summed E-state index contributed by atoms with van der Waals surface area (Å²) < 4.78 is 14.9. The van der Waals surface area contributed by atoms with E-state index in [1.807, 2.05) is 0 Å². The molecule has 0 aromatic heterocycles. The number of aliphatic hydroxyl groups is 2. The molecule has 2 fully saturated rings. The number of aliphatic hydroxyl groups excluding tert-OH is 2. The topological polar surface area (TPSA) is 74.8 Å². The molecule has 0 amide bonds. The molecule has 2 aliphatic rings. The first-order valence-electron chi connectivity index (χ1n) is 3.53. The quantitative estimate of drug-likeness (QED) is 0.489. The van der Waals surface area contributed by atoms with Crippen molar-refractivity contribution in [2.24, 2.45) is 0 Å². The molecule has 0 aromatic carbocycles. The van der Waals surface area contributed by atoms with E-state index >= 15 is 0 Å². The third-order valence-electron chi connectivity index (χ3n) is 1.70. The average molecular weight is 162 g/mol. The van der Waals surface area contributed by atoms with Gasteiger partial charge in [-0.3, -0.25) is 0 Å². The normalized spacial score (nSPS) is 47.5. The SMILES string of the molecule is OCC1OC1OC1OC1CO. The first-order valence-corrected chi connectivity index (χ1v) is 3.53. The summed E-state index contributed by atoms with van der Waals surface area (Å²) in [5, 5.41) is 17.1. The predicted molar refractivity (Wildman–Crippen MR) is 32.6 cm³/mol. The molecule has 0 saturated carbocycles. The Bertz CT molecular complexity index is 134. The molecule has 4 atom stereocenters. The van der Waals surface area contributed by atoms with Crippen molar-refractivity contribution in [1.29, 1.82) is 0 Å². The Kier molecular flexibility index (Phi) is 1.82. The largest absolute Gasteiger partial charge is 0.393 e. The van der Waals surface area contributed by atoms with Gasteiger partial charge in [-0.25, -0.2) is 0 Å². The summed E-state index contributed by atoms with van der Waals surface area (Å²) in [6, 6.07) is 0. The van der Waals surface area contributed by atoms with E-state index in [0.29, 0.717) is 0 Å². The van der Waals surface area contributed by atoms with Crippen molar-refractivity contribution in [3.63, 3.8) is 0 Å². The summed E-state index contributed by atoms with van der Waals surface area (Å²) in [6.45, 7) is -0.0532. The van der Waals surface area contributed by atoms with E-state index in [-0.39, 0.29) is 38.0 Å². The Balaban J connectivity index is 1.62. The fourth-order valence-corrected chi connectivity index (χ4v) is 0.884. The van der Waals surface area contributed by atoms with E-state index in [2.05, 4.69) is 0 Å². The molecular formula is C6H10O5. The van der Waals surface area contributed by atoms with Crippen LogP contribution in [0.15, 0.2) is 0 Å². The maximum Gasteiger partial charge on any atom is 0.189 e. The maximum absolute atomic E-state index is 8.54. The van der Waals surface area contributed by atoms with Crippen LogP contribution < -0.4 is 0 Å². The lowest BCUT2D eigenvalue weighted by atomic mass is 10.4. The Hall–Kier alpha value is -0.200. The van der Waals surface area contributed by atoms with E-state index in [0.717, 1.165) is 0 Å². The number of hydrogen-bond acceptors (Lipinski definition) is 5. The van der Waals surface area contributed by atoms with Crippen LogP contribution in [-0.2, 0) is 14.2 Å².